The fourth-order valence-corrected chi connectivity index (χ4v) is 8.86. The van der Waals surface area contributed by atoms with E-state index in [2.05, 4.69) is 33.9 Å². The SMILES string of the molecule is CC(C)(C)[Si](C)(C)O[C@H]1[C@@H](O[C@H]2O[C@@H]3CO[C@@H](c4ccccc4)O[C@H]3[C@H](OCc3ccccc3)[C@H]2O)O[C@@H]2CO[C@@H](c3ccccc3)O[C@H]2[C@@H]1OCc1ccccc1. The first kappa shape index (κ1) is 41.4. The van der Waals surface area contributed by atoms with Crippen molar-refractivity contribution >= 4 is 8.32 Å². The molecular weight excluding hydrogens is 757 g/mol. The zero-order valence-corrected chi connectivity index (χ0v) is 34.8. The Balaban J connectivity index is 1.10. The molecule has 310 valence electrons. The van der Waals surface area contributed by atoms with Gasteiger partial charge in [-0.15, -0.1) is 0 Å². The summed E-state index contributed by atoms with van der Waals surface area (Å²) in [6.07, 6.45) is -9.54. The Morgan fingerprint density at radius 3 is 1.48 bits per heavy atom. The minimum atomic E-state index is -2.53. The molecule has 12 atom stereocenters. The van der Waals surface area contributed by atoms with E-state index < -0.39 is 82.3 Å². The van der Waals surface area contributed by atoms with Crippen LogP contribution in [0.4, 0.5) is 0 Å². The standard InChI is InChI=1S/C46H56O11Si/c1-46(2,3)58(4,5)57-41-40(49-27-31-20-12-7-13-21-31)38-35(29-51-43(55-38)33-24-16-9-17-25-33)53-45(41)56-44-36(47)39(48-26-30-18-10-6-11-19-30)37-34(52-44)28-50-42(54-37)32-22-14-8-15-23-32/h6-25,34-45,47H,26-29H2,1-5H3/t34-,35-,36-,37-,38-,39-,40+,41-,42-,43-,44-,45-/m1/s1. The summed E-state index contributed by atoms with van der Waals surface area (Å²) in [5.41, 5.74) is 3.71. The number of hydrogen-bond acceptors (Lipinski definition) is 11. The highest BCUT2D eigenvalue weighted by molar-refractivity contribution is 6.74. The zero-order chi connectivity index (χ0) is 40.3. The van der Waals surface area contributed by atoms with Crippen molar-refractivity contribution in [3.05, 3.63) is 144 Å². The van der Waals surface area contributed by atoms with Crippen LogP contribution in [-0.2, 0) is 60.3 Å². The average Bonchev–Trinajstić information content (AvgIpc) is 3.24. The van der Waals surface area contributed by atoms with Gasteiger partial charge in [0.1, 0.15) is 48.8 Å². The van der Waals surface area contributed by atoms with Crippen molar-refractivity contribution in [3.8, 4) is 0 Å². The molecule has 0 unspecified atom stereocenters. The highest BCUT2D eigenvalue weighted by atomic mass is 28.4. The lowest BCUT2D eigenvalue weighted by molar-refractivity contribution is -0.415. The van der Waals surface area contributed by atoms with Crippen LogP contribution < -0.4 is 0 Å². The first-order chi connectivity index (χ1) is 28.0. The Kier molecular flexibility index (Phi) is 12.9. The van der Waals surface area contributed by atoms with Crippen molar-refractivity contribution < 1.29 is 52.2 Å². The van der Waals surface area contributed by atoms with Gasteiger partial charge in [-0.05, 0) is 29.3 Å². The maximum Gasteiger partial charge on any atom is 0.192 e. The second kappa shape index (κ2) is 18.1. The molecule has 0 bridgehead atoms. The molecule has 0 amide bonds. The molecule has 8 rings (SSSR count). The Hall–Kier alpha value is -3.34. The number of benzene rings is 4. The molecule has 0 aromatic heterocycles. The fraction of sp³-hybridized carbons (Fsp3) is 0.478. The smallest absolute Gasteiger partial charge is 0.192 e. The summed E-state index contributed by atoms with van der Waals surface area (Å²) in [5, 5.41) is 12.1. The summed E-state index contributed by atoms with van der Waals surface area (Å²) >= 11 is 0. The molecule has 4 aromatic rings. The second-order valence-corrected chi connectivity index (χ2v) is 21.7. The molecule has 4 heterocycles. The lowest BCUT2D eigenvalue weighted by Gasteiger charge is -2.53. The summed E-state index contributed by atoms with van der Waals surface area (Å²) < 4.78 is 66.6. The zero-order valence-electron chi connectivity index (χ0n) is 33.8. The summed E-state index contributed by atoms with van der Waals surface area (Å²) in [6.45, 7) is 11.9. The lowest BCUT2D eigenvalue weighted by Crippen LogP contribution is -2.68. The fourth-order valence-electron chi connectivity index (χ4n) is 7.58. The minimum absolute atomic E-state index is 0.169. The molecule has 4 fully saturated rings. The summed E-state index contributed by atoms with van der Waals surface area (Å²) in [7, 11) is -2.53. The Labute approximate surface area is 342 Å². The van der Waals surface area contributed by atoms with Gasteiger partial charge in [-0.2, -0.15) is 0 Å². The molecule has 4 aromatic carbocycles. The van der Waals surface area contributed by atoms with Crippen molar-refractivity contribution in [1.29, 1.82) is 0 Å². The van der Waals surface area contributed by atoms with Gasteiger partial charge in [0.2, 0.25) is 0 Å². The van der Waals surface area contributed by atoms with E-state index >= 15 is 0 Å². The van der Waals surface area contributed by atoms with Crippen LogP contribution in [0.3, 0.4) is 0 Å². The number of aliphatic hydroxyl groups is 1. The van der Waals surface area contributed by atoms with Crippen molar-refractivity contribution in [2.75, 3.05) is 13.2 Å². The van der Waals surface area contributed by atoms with Crippen LogP contribution in [-0.4, -0.2) is 88.0 Å². The molecule has 4 aliphatic rings. The van der Waals surface area contributed by atoms with Gasteiger partial charge in [0.25, 0.3) is 0 Å². The van der Waals surface area contributed by atoms with Gasteiger partial charge >= 0.3 is 0 Å². The van der Waals surface area contributed by atoms with Gasteiger partial charge in [-0.3, -0.25) is 0 Å². The highest BCUT2D eigenvalue weighted by Gasteiger charge is 2.57. The third-order valence-corrected chi connectivity index (χ3v) is 16.3. The van der Waals surface area contributed by atoms with Gasteiger partial charge in [0, 0.05) is 11.1 Å². The highest BCUT2D eigenvalue weighted by Crippen LogP contribution is 2.44. The second-order valence-electron chi connectivity index (χ2n) is 16.9. The third-order valence-electron chi connectivity index (χ3n) is 11.8. The summed E-state index contributed by atoms with van der Waals surface area (Å²) in [6, 6.07) is 39.4. The Morgan fingerprint density at radius 2 is 1.00 bits per heavy atom. The maximum absolute atomic E-state index is 12.2. The molecule has 0 radical (unpaired) electrons. The van der Waals surface area contributed by atoms with E-state index in [9.17, 15) is 5.11 Å². The van der Waals surface area contributed by atoms with Crippen LogP contribution in [0.25, 0.3) is 0 Å². The largest absolute Gasteiger partial charge is 0.406 e. The summed E-state index contributed by atoms with van der Waals surface area (Å²) in [4.78, 5) is 0. The first-order valence-corrected chi connectivity index (χ1v) is 23.2. The predicted molar refractivity (Wildman–Crippen MR) is 217 cm³/mol. The number of aliphatic hydroxyl groups excluding tert-OH is 1. The van der Waals surface area contributed by atoms with Crippen LogP contribution in [0, 0.1) is 0 Å². The molecule has 11 nitrogen and oxygen atoms in total. The molecular formula is C46H56O11Si. The topological polar surface area (TPSA) is 113 Å². The summed E-state index contributed by atoms with van der Waals surface area (Å²) in [5.74, 6) is 0. The van der Waals surface area contributed by atoms with Crippen molar-refractivity contribution in [2.45, 2.75) is 126 Å². The number of fused-ring (bicyclic) bond motifs is 2. The maximum atomic E-state index is 12.2. The third kappa shape index (κ3) is 9.34. The normalized spacial score (nSPS) is 32.9. The Morgan fingerprint density at radius 1 is 0.569 bits per heavy atom. The van der Waals surface area contributed by atoms with Gasteiger partial charge in [0.05, 0.1) is 26.4 Å². The molecule has 12 heteroatoms. The van der Waals surface area contributed by atoms with E-state index in [0.717, 1.165) is 22.3 Å². The quantitative estimate of drug-likeness (QED) is 0.143. The van der Waals surface area contributed by atoms with Crippen molar-refractivity contribution in [1.82, 2.24) is 0 Å². The number of ether oxygens (including phenoxy) is 9. The average molecular weight is 813 g/mol. The molecule has 4 aliphatic heterocycles. The van der Waals surface area contributed by atoms with Gasteiger partial charge < -0.3 is 52.2 Å². The molecule has 1 N–H and O–H groups in total. The molecule has 58 heavy (non-hydrogen) atoms. The van der Waals surface area contributed by atoms with E-state index in [0.29, 0.717) is 6.61 Å². The van der Waals surface area contributed by atoms with Crippen LogP contribution >= 0.6 is 0 Å². The van der Waals surface area contributed by atoms with E-state index in [1.807, 2.05) is 121 Å². The molecule has 0 spiro atoms. The molecule has 0 saturated carbocycles. The van der Waals surface area contributed by atoms with E-state index in [1.165, 1.54) is 0 Å². The number of hydrogen-bond donors (Lipinski definition) is 1. The Bertz CT molecular complexity index is 1860. The van der Waals surface area contributed by atoms with Crippen LogP contribution in [0.5, 0.6) is 0 Å². The van der Waals surface area contributed by atoms with Crippen LogP contribution in [0.1, 0.15) is 55.6 Å². The van der Waals surface area contributed by atoms with E-state index in [-0.39, 0.29) is 24.9 Å². The van der Waals surface area contributed by atoms with Gasteiger partial charge in [-0.1, -0.05) is 142 Å². The number of rotatable bonds is 12. The lowest BCUT2D eigenvalue weighted by atomic mass is 9.96. The van der Waals surface area contributed by atoms with Gasteiger partial charge in [0.15, 0.2) is 33.5 Å². The van der Waals surface area contributed by atoms with E-state index in [4.69, 9.17) is 47.1 Å². The predicted octanol–water partition coefficient (Wildman–Crippen LogP) is 7.60. The monoisotopic (exact) mass is 812 g/mol. The van der Waals surface area contributed by atoms with Crippen LogP contribution in [0.2, 0.25) is 18.1 Å². The van der Waals surface area contributed by atoms with Crippen molar-refractivity contribution in [3.63, 3.8) is 0 Å². The first-order valence-electron chi connectivity index (χ1n) is 20.3. The molecule has 4 saturated heterocycles. The van der Waals surface area contributed by atoms with Crippen molar-refractivity contribution in [2.24, 2.45) is 0 Å². The minimum Gasteiger partial charge on any atom is -0.406 e. The van der Waals surface area contributed by atoms with Crippen LogP contribution in [0.15, 0.2) is 121 Å². The molecule has 0 aliphatic carbocycles. The van der Waals surface area contributed by atoms with E-state index in [1.54, 1.807) is 0 Å². The van der Waals surface area contributed by atoms with Gasteiger partial charge in [-0.25, -0.2) is 0 Å².